The Balaban J connectivity index is 0.00000324. The number of hydrogen-bond donors (Lipinski definition) is 1. The van der Waals surface area contributed by atoms with Crippen molar-refractivity contribution in [3.05, 3.63) is 0 Å². The molecule has 1 rings (SSSR count). The van der Waals surface area contributed by atoms with E-state index in [1.165, 1.54) is 4.31 Å². The molecule has 2 N–H and O–H groups in total. The second-order valence-corrected chi connectivity index (χ2v) is 6.84. The summed E-state index contributed by atoms with van der Waals surface area (Å²) in [6.45, 7) is 3.19. The van der Waals surface area contributed by atoms with E-state index in [2.05, 4.69) is 0 Å². The van der Waals surface area contributed by atoms with E-state index in [0.29, 0.717) is 19.7 Å². The standard InChI is InChI=1S/C11H25N3O3S.ClH/c1-10(12)11-6-4-5-7-14(11)18(15,16)13(2)8-9-17-3;/h10-11H,4-9,12H2,1-3H3;1H. The summed E-state index contributed by atoms with van der Waals surface area (Å²) in [4.78, 5) is 0. The number of nitrogens with two attached hydrogens (primary N) is 1. The Kier molecular flexibility index (Phi) is 8.42. The highest BCUT2D eigenvalue weighted by molar-refractivity contribution is 7.86. The van der Waals surface area contributed by atoms with Crippen LogP contribution in [0.2, 0.25) is 0 Å². The van der Waals surface area contributed by atoms with Crippen LogP contribution in [0, 0.1) is 0 Å². The van der Waals surface area contributed by atoms with E-state index in [1.807, 2.05) is 6.92 Å². The topological polar surface area (TPSA) is 75.9 Å². The van der Waals surface area contributed by atoms with Gasteiger partial charge in [0.15, 0.2) is 0 Å². The summed E-state index contributed by atoms with van der Waals surface area (Å²) in [5.41, 5.74) is 5.91. The van der Waals surface area contributed by atoms with Gasteiger partial charge in [-0.3, -0.25) is 0 Å². The van der Waals surface area contributed by atoms with Gasteiger partial charge in [-0.05, 0) is 19.8 Å². The molecule has 19 heavy (non-hydrogen) atoms. The zero-order chi connectivity index (χ0) is 13.8. The fourth-order valence-electron chi connectivity index (χ4n) is 2.26. The van der Waals surface area contributed by atoms with E-state index >= 15 is 0 Å². The quantitative estimate of drug-likeness (QED) is 0.771. The highest BCUT2D eigenvalue weighted by Crippen LogP contribution is 2.23. The van der Waals surface area contributed by atoms with E-state index in [4.69, 9.17) is 10.5 Å². The van der Waals surface area contributed by atoms with Gasteiger partial charge in [-0.15, -0.1) is 12.4 Å². The van der Waals surface area contributed by atoms with Crippen LogP contribution in [-0.2, 0) is 14.9 Å². The van der Waals surface area contributed by atoms with Crippen LogP contribution in [0.3, 0.4) is 0 Å². The molecule has 0 aliphatic carbocycles. The molecule has 1 heterocycles. The fraction of sp³-hybridized carbons (Fsp3) is 1.00. The van der Waals surface area contributed by atoms with E-state index in [9.17, 15) is 8.42 Å². The Hall–Kier alpha value is 0.0800. The first-order chi connectivity index (χ1) is 8.41. The van der Waals surface area contributed by atoms with Gasteiger partial charge >= 0.3 is 0 Å². The summed E-state index contributed by atoms with van der Waals surface area (Å²) in [6, 6.07) is -0.232. The molecule has 6 nitrogen and oxygen atoms in total. The molecule has 0 amide bonds. The van der Waals surface area contributed by atoms with Gasteiger partial charge < -0.3 is 10.5 Å². The van der Waals surface area contributed by atoms with Crippen LogP contribution in [0.25, 0.3) is 0 Å². The van der Waals surface area contributed by atoms with Crippen molar-refractivity contribution in [3.8, 4) is 0 Å². The molecule has 8 heteroatoms. The van der Waals surface area contributed by atoms with Crippen molar-refractivity contribution in [1.82, 2.24) is 8.61 Å². The smallest absolute Gasteiger partial charge is 0.282 e. The molecule has 116 valence electrons. The molecule has 2 atom stereocenters. The lowest BCUT2D eigenvalue weighted by atomic mass is 10.00. The van der Waals surface area contributed by atoms with Crippen LogP contribution < -0.4 is 5.73 Å². The maximum Gasteiger partial charge on any atom is 0.282 e. The minimum atomic E-state index is -3.42. The summed E-state index contributed by atoms with van der Waals surface area (Å²) in [5.74, 6) is 0. The molecule has 1 saturated heterocycles. The molecule has 0 saturated carbocycles. The van der Waals surface area contributed by atoms with Crippen molar-refractivity contribution < 1.29 is 13.2 Å². The molecular weight excluding hydrogens is 290 g/mol. The molecular formula is C11H26ClN3O3S. The molecule has 2 unspecified atom stereocenters. The van der Waals surface area contributed by atoms with Gasteiger partial charge in [-0.2, -0.15) is 17.0 Å². The molecule has 1 aliphatic rings. The van der Waals surface area contributed by atoms with Crippen molar-refractivity contribution in [2.45, 2.75) is 38.3 Å². The SMILES string of the molecule is COCCN(C)S(=O)(=O)N1CCCCC1C(C)N.Cl. The van der Waals surface area contributed by atoms with Crippen LogP contribution in [0.1, 0.15) is 26.2 Å². The number of piperidine rings is 1. The normalized spacial score (nSPS) is 23.1. The lowest BCUT2D eigenvalue weighted by Gasteiger charge is -2.38. The fourth-order valence-corrected chi connectivity index (χ4v) is 3.92. The van der Waals surface area contributed by atoms with Gasteiger partial charge in [0, 0.05) is 39.3 Å². The predicted octanol–water partition coefficient (Wildman–Crippen LogP) is 0.433. The maximum absolute atomic E-state index is 12.4. The molecule has 0 aromatic heterocycles. The van der Waals surface area contributed by atoms with Crippen molar-refractivity contribution in [1.29, 1.82) is 0 Å². The predicted molar refractivity (Wildman–Crippen MR) is 78.7 cm³/mol. The number of likely N-dealkylation sites (N-methyl/N-ethyl adjacent to an activating group) is 1. The van der Waals surface area contributed by atoms with Gasteiger partial charge in [0.2, 0.25) is 0 Å². The highest BCUT2D eigenvalue weighted by Gasteiger charge is 2.36. The van der Waals surface area contributed by atoms with E-state index < -0.39 is 10.2 Å². The van der Waals surface area contributed by atoms with Crippen LogP contribution >= 0.6 is 12.4 Å². The molecule has 0 radical (unpaired) electrons. The van der Waals surface area contributed by atoms with Gasteiger partial charge in [-0.1, -0.05) is 6.42 Å². The average Bonchev–Trinajstić information content (AvgIpc) is 2.35. The monoisotopic (exact) mass is 315 g/mol. The number of halogens is 1. The first kappa shape index (κ1) is 19.1. The van der Waals surface area contributed by atoms with Gasteiger partial charge in [0.1, 0.15) is 0 Å². The average molecular weight is 316 g/mol. The third kappa shape index (κ3) is 4.84. The summed E-state index contributed by atoms with van der Waals surface area (Å²) < 4.78 is 32.7. The van der Waals surface area contributed by atoms with Crippen molar-refractivity contribution in [2.24, 2.45) is 5.73 Å². The number of methoxy groups -OCH3 is 1. The Labute approximate surface area is 122 Å². The molecule has 0 spiro atoms. The molecule has 0 aromatic carbocycles. The zero-order valence-corrected chi connectivity index (χ0v) is 13.5. The Bertz CT molecular complexity index is 351. The van der Waals surface area contributed by atoms with Crippen molar-refractivity contribution >= 4 is 22.6 Å². The van der Waals surface area contributed by atoms with Gasteiger partial charge in [-0.25, -0.2) is 0 Å². The van der Waals surface area contributed by atoms with Crippen LogP contribution in [-0.4, -0.2) is 63.0 Å². The number of ether oxygens (including phenoxy) is 1. The van der Waals surface area contributed by atoms with Crippen molar-refractivity contribution in [2.75, 3.05) is 33.9 Å². The highest BCUT2D eigenvalue weighted by atomic mass is 35.5. The molecule has 1 aliphatic heterocycles. The minimum Gasteiger partial charge on any atom is -0.383 e. The number of nitrogens with zero attached hydrogens (tertiary/aromatic N) is 2. The van der Waals surface area contributed by atoms with Crippen LogP contribution in [0.15, 0.2) is 0 Å². The Morgan fingerprint density at radius 3 is 2.63 bits per heavy atom. The van der Waals surface area contributed by atoms with Crippen LogP contribution in [0.5, 0.6) is 0 Å². The number of hydrogen-bond acceptors (Lipinski definition) is 4. The molecule has 0 bridgehead atoms. The van der Waals surface area contributed by atoms with E-state index in [-0.39, 0.29) is 24.5 Å². The molecule has 1 fully saturated rings. The summed E-state index contributed by atoms with van der Waals surface area (Å²) >= 11 is 0. The van der Waals surface area contributed by atoms with Crippen LogP contribution in [0.4, 0.5) is 0 Å². The van der Waals surface area contributed by atoms with Gasteiger partial charge in [0.05, 0.1) is 6.61 Å². The second kappa shape index (κ2) is 8.39. The maximum atomic E-state index is 12.4. The van der Waals surface area contributed by atoms with Crippen molar-refractivity contribution in [3.63, 3.8) is 0 Å². The Morgan fingerprint density at radius 2 is 2.11 bits per heavy atom. The molecule has 0 aromatic rings. The summed E-state index contributed by atoms with van der Waals surface area (Å²) in [5, 5.41) is 0. The minimum absolute atomic E-state index is 0. The van der Waals surface area contributed by atoms with E-state index in [0.717, 1.165) is 19.3 Å². The first-order valence-corrected chi connectivity index (χ1v) is 7.78. The first-order valence-electron chi connectivity index (χ1n) is 6.39. The Morgan fingerprint density at radius 1 is 1.47 bits per heavy atom. The summed E-state index contributed by atoms with van der Waals surface area (Å²) in [6.07, 6.45) is 2.79. The number of rotatable bonds is 6. The van der Waals surface area contributed by atoms with E-state index in [1.54, 1.807) is 18.5 Å². The summed E-state index contributed by atoms with van der Waals surface area (Å²) in [7, 11) is -0.276. The second-order valence-electron chi connectivity index (χ2n) is 4.86. The van der Waals surface area contributed by atoms with Gasteiger partial charge in [0.25, 0.3) is 10.2 Å². The lowest BCUT2D eigenvalue weighted by molar-refractivity contribution is 0.174. The third-order valence-electron chi connectivity index (χ3n) is 3.41. The zero-order valence-electron chi connectivity index (χ0n) is 11.9. The third-order valence-corrected chi connectivity index (χ3v) is 5.42. The lowest BCUT2D eigenvalue weighted by Crippen LogP contribution is -2.55. The largest absolute Gasteiger partial charge is 0.383 e.